The topological polar surface area (TPSA) is 84.2 Å². The third-order valence-electron chi connectivity index (χ3n) is 7.24. The van der Waals surface area contributed by atoms with Crippen LogP contribution in [0.5, 0.6) is 23.0 Å². The van der Waals surface area contributed by atoms with Crippen molar-refractivity contribution in [3.05, 3.63) is 111 Å². The maximum absolute atomic E-state index is 13.7. The van der Waals surface area contributed by atoms with Crippen LogP contribution < -0.4 is 24.5 Å². The second-order valence-corrected chi connectivity index (χ2v) is 10.4. The first-order valence-electron chi connectivity index (χ1n) is 13.8. The summed E-state index contributed by atoms with van der Waals surface area (Å²) in [6, 6.07) is 24.7. The van der Waals surface area contributed by atoms with Crippen LogP contribution in [0, 0.1) is 6.92 Å². The van der Waals surface area contributed by atoms with Gasteiger partial charge in [0.15, 0.2) is 17.3 Å². The summed E-state index contributed by atoms with van der Waals surface area (Å²) in [7, 11) is 1.67. The molecule has 212 valence electrons. The van der Waals surface area contributed by atoms with Crippen molar-refractivity contribution >= 4 is 17.1 Å². The summed E-state index contributed by atoms with van der Waals surface area (Å²) < 4.78 is 23.8. The van der Waals surface area contributed by atoms with Gasteiger partial charge in [0, 0.05) is 5.56 Å². The predicted octanol–water partition coefficient (Wildman–Crippen LogP) is 6.69. The number of hydrogen-bond donors (Lipinski definition) is 0. The van der Waals surface area contributed by atoms with Crippen molar-refractivity contribution in [2.24, 2.45) is 5.10 Å². The van der Waals surface area contributed by atoms with E-state index >= 15 is 0 Å². The lowest BCUT2D eigenvalue weighted by molar-refractivity contribution is 0.174. The zero-order valence-corrected chi connectivity index (χ0v) is 24.0. The SMILES string of the molecule is COc1cc(C)c(-c2nc3ccccc3c(=O)n2N=Cc2ccc(OCc3ccc4c(c3)OCO4)cc2)cc1C(C)C. The molecule has 0 saturated heterocycles. The lowest BCUT2D eigenvalue weighted by atomic mass is 9.96. The Hall–Kier alpha value is -5.11. The number of benzene rings is 4. The lowest BCUT2D eigenvalue weighted by Gasteiger charge is -2.17. The Labute approximate surface area is 243 Å². The maximum Gasteiger partial charge on any atom is 0.282 e. The molecule has 4 aromatic carbocycles. The minimum Gasteiger partial charge on any atom is -0.496 e. The van der Waals surface area contributed by atoms with Crippen LogP contribution in [0.3, 0.4) is 0 Å². The van der Waals surface area contributed by atoms with E-state index < -0.39 is 0 Å². The van der Waals surface area contributed by atoms with Gasteiger partial charge >= 0.3 is 0 Å². The molecule has 1 aliphatic rings. The van der Waals surface area contributed by atoms with E-state index in [9.17, 15) is 4.79 Å². The molecule has 1 aliphatic heterocycles. The van der Waals surface area contributed by atoms with Gasteiger partial charge in [-0.25, -0.2) is 4.98 Å². The molecular formula is C34H31N3O5. The molecule has 8 nitrogen and oxygen atoms in total. The summed E-state index contributed by atoms with van der Waals surface area (Å²) >= 11 is 0. The number of para-hydroxylation sites is 1. The molecule has 0 saturated carbocycles. The van der Waals surface area contributed by atoms with E-state index in [0.717, 1.165) is 45.1 Å². The van der Waals surface area contributed by atoms with E-state index in [0.29, 0.717) is 29.1 Å². The number of fused-ring (bicyclic) bond motifs is 2. The Balaban J connectivity index is 1.31. The van der Waals surface area contributed by atoms with Crippen LogP contribution in [-0.4, -0.2) is 29.8 Å². The summed E-state index contributed by atoms with van der Waals surface area (Å²) in [5, 5.41) is 5.14. The summed E-state index contributed by atoms with van der Waals surface area (Å²) in [6.07, 6.45) is 1.66. The molecule has 0 aliphatic carbocycles. The third-order valence-corrected chi connectivity index (χ3v) is 7.24. The molecule has 6 rings (SSSR count). The fourth-order valence-electron chi connectivity index (χ4n) is 4.94. The predicted molar refractivity (Wildman–Crippen MR) is 163 cm³/mol. The van der Waals surface area contributed by atoms with Crippen molar-refractivity contribution in [3.8, 4) is 34.4 Å². The van der Waals surface area contributed by atoms with Crippen molar-refractivity contribution in [2.45, 2.75) is 33.3 Å². The monoisotopic (exact) mass is 561 g/mol. The molecule has 2 heterocycles. The standard InChI is InChI=1S/C34H31N3O5/c1-21(2)27-17-28(22(3)15-31(27)39-4)33-36-29-8-6-5-7-26(29)34(38)37(33)35-18-23-9-12-25(13-10-23)40-19-24-11-14-30-32(16-24)42-20-41-30/h5-18,21H,19-20H2,1-4H3. The smallest absolute Gasteiger partial charge is 0.282 e. The molecule has 0 atom stereocenters. The molecule has 0 unspecified atom stereocenters. The second-order valence-electron chi connectivity index (χ2n) is 10.4. The van der Waals surface area contributed by atoms with Gasteiger partial charge in [-0.3, -0.25) is 4.79 Å². The molecule has 0 amide bonds. The second kappa shape index (κ2) is 11.4. The minimum absolute atomic E-state index is 0.217. The van der Waals surface area contributed by atoms with Crippen LogP contribution >= 0.6 is 0 Å². The Morgan fingerprint density at radius 1 is 1.00 bits per heavy atom. The van der Waals surface area contributed by atoms with Gasteiger partial charge in [-0.15, -0.1) is 0 Å². The van der Waals surface area contributed by atoms with Crippen molar-refractivity contribution in [1.82, 2.24) is 9.66 Å². The highest BCUT2D eigenvalue weighted by Gasteiger charge is 2.18. The van der Waals surface area contributed by atoms with Gasteiger partial charge in [0.2, 0.25) is 6.79 Å². The van der Waals surface area contributed by atoms with Crippen LogP contribution in [0.25, 0.3) is 22.3 Å². The van der Waals surface area contributed by atoms with Gasteiger partial charge < -0.3 is 18.9 Å². The Morgan fingerprint density at radius 3 is 2.57 bits per heavy atom. The molecule has 0 spiro atoms. The molecule has 42 heavy (non-hydrogen) atoms. The van der Waals surface area contributed by atoms with Gasteiger partial charge in [0.25, 0.3) is 5.56 Å². The van der Waals surface area contributed by atoms with Gasteiger partial charge in [-0.2, -0.15) is 9.78 Å². The number of rotatable bonds is 8. The van der Waals surface area contributed by atoms with Gasteiger partial charge in [-0.05, 0) is 95.8 Å². The number of hydrogen-bond acceptors (Lipinski definition) is 7. The molecule has 0 bridgehead atoms. The van der Waals surface area contributed by atoms with Crippen LogP contribution in [-0.2, 0) is 6.61 Å². The number of aryl methyl sites for hydroxylation is 1. The highest BCUT2D eigenvalue weighted by molar-refractivity contribution is 5.82. The fourth-order valence-corrected chi connectivity index (χ4v) is 4.94. The number of methoxy groups -OCH3 is 1. The number of ether oxygens (including phenoxy) is 4. The van der Waals surface area contributed by atoms with Crippen LogP contribution in [0.4, 0.5) is 0 Å². The maximum atomic E-state index is 13.7. The lowest BCUT2D eigenvalue weighted by Crippen LogP contribution is -2.20. The molecule has 8 heteroatoms. The number of aromatic nitrogens is 2. The Bertz CT molecular complexity index is 1860. The van der Waals surface area contributed by atoms with Crippen LogP contribution in [0.15, 0.2) is 88.8 Å². The van der Waals surface area contributed by atoms with E-state index in [2.05, 4.69) is 18.9 Å². The summed E-state index contributed by atoms with van der Waals surface area (Å²) in [5.41, 5.74) is 4.97. The van der Waals surface area contributed by atoms with Gasteiger partial charge in [-0.1, -0.05) is 32.0 Å². The largest absolute Gasteiger partial charge is 0.496 e. The van der Waals surface area contributed by atoms with Gasteiger partial charge in [0.1, 0.15) is 18.1 Å². The minimum atomic E-state index is -0.239. The van der Waals surface area contributed by atoms with Crippen molar-refractivity contribution < 1.29 is 18.9 Å². The first kappa shape index (κ1) is 27.1. The highest BCUT2D eigenvalue weighted by Crippen LogP contribution is 2.34. The number of nitrogens with zero attached hydrogens (tertiary/aromatic N) is 3. The van der Waals surface area contributed by atoms with E-state index in [1.165, 1.54) is 4.68 Å². The van der Waals surface area contributed by atoms with Gasteiger partial charge in [0.05, 0.1) is 24.2 Å². The van der Waals surface area contributed by atoms with E-state index in [1.54, 1.807) is 19.4 Å². The summed E-state index contributed by atoms with van der Waals surface area (Å²) in [6.45, 7) is 6.84. The summed E-state index contributed by atoms with van der Waals surface area (Å²) in [4.78, 5) is 18.6. The van der Waals surface area contributed by atoms with Crippen molar-refractivity contribution in [3.63, 3.8) is 0 Å². The zero-order chi connectivity index (χ0) is 29.2. The average Bonchev–Trinajstić information content (AvgIpc) is 3.48. The molecule has 1 aromatic heterocycles. The molecule has 0 radical (unpaired) electrons. The van der Waals surface area contributed by atoms with Crippen LogP contribution in [0.1, 0.15) is 42.0 Å². The fraction of sp³-hybridized carbons (Fsp3) is 0.206. The van der Waals surface area contributed by atoms with E-state index in [-0.39, 0.29) is 18.3 Å². The quantitative estimate of drug-likeness (QED) is 0.196. The van der Waals surface area contributed by atoms with E-state index in [4.69, 9.17) is 23.9 Å². The first-order chi connectivity index (χ1) is 20.4. The van der Waals surface area contributed by atoms with Crippen LogP contribution in [0.2, 0.25) is 0 Å². The third kappa shape index (κ3) is 5.31. The molecule has 5 aromatic rings. The van der Waals surface area contributed by atoms with E-state index in [1.807, 2.05) is 79.7 Å². The summed E-state index contributed by atoms with van der Waals surface area (Å²) in [5.74, 6) is 3.68. The van der Waals surface area contributed by atoms with Crippen molar-refractivity contribution in [1.29, 1.82) is 0 Å². The Kier molecular flexibility index (Phi) is 7.35. The molecule has 0 fully saturated rings. The average molecular weight is 562 g/mol. The van der Waals surface area contributed by atoms with Crippen molar-refractivity contribution in [2.75, 3.05) is 13.9 Å². The normalized spacial score (nSPS) is 12.4. The highest BCUT2D eigenvalue weighted by atomic mass is 16.7. The molecular weight excluding hydrogens is 530 g/mol. The molecule has 0 N–H and O–H groups in total. The first-order valence-corrected chi connectivity index (χ1v) is 13.8. The Morgan fingerprint density at radius 2 is 1.79 bits per heavy atom. The zero-order valence-electron chi connectivity index (χ0n) is 24.0.